The number of Topliss-reactive ketones (excluding diaryl/α,β-unsaturated/α-hetero) is 1. The molecule has 4 rings (SSSR count). The van der Waals surface area contributed by atoms with Gasteiger partial charge in [-0.25, -0.2) is 4.39 Å². The predicted octanol–water partition coefficient (Wildman–Crippen LogP) is 5.53. The fourth-order valence-electron chi connectivity index (χ4n) is 3.96. The SMILES string of the molecule is CCCCCOc1cc2c(s1)CCN(C(C(=O)C1CC1)c1ccccc1F)C2. The summed E-state index contributed by atoms with van der Waals surface area (Å²) in [7, 11) is 0. The zero-order valence-electron chi connectivity index (χ0n) is 16.5. The Bertz CT molecular complexity index is 830. The first kappa shape index (κ1) is 19.6. The fourth-order valence-corrected chi connectivity index (χ4v) is 5.00. The Balaban J connectivity index is 1.51. The number of rotatable bonds is 9. The molecule has 0 N–H and O–H groups in total. The number of halogens is 1. The summed E-state index contributed by atoms with van der Waals surface area (Å²) in [6.07, 6.45) is 6.23. The molecule has 1 unspecified atom stereocenters. The standard InChI is InChI=1S/C23H28FNO2S/c1-2-3-6-13-27-21-14-17-15-25(12-11-20(17)28-21)22(23(26)16-9-10-16)18-7-4-5-8-19(18)24/h4-5,7-8,14,16,22H,2-3,6,9-13,15H2,1H3. The third kappa shape index (κ3) is 4.31. The van der Waals surface area contributed by atoms with Crippen LogP contribution >= 0.6 is 11.3 Å². The van der Waals surface area contributed by atoms with Crippen molar-refractivity contribution in [2.45, 2.75) is 58.0 Å². The molecule has 28 heavy (non-hydrogen) atoms. The first-order valence-electron chi connectivity index (χ1n) is 10.4. The van der Waals surface area contributed by atoms with Crippen molar-refractivity contribution in [3.63, 3.8) is 0 Å². The molecule has 0 spiro atoms. The van der Waals surface area contributed by atoms with Gasteiger partial charge in [0.1, 0.15) is 5.82 Å². The van der Waals surface area contributed by atoms with Gasteiger partial charge in [0.05, 0.1) is 12.6 Å². The molecule has 2 aromatic rings. The van der Waals surface area contributed by atoms with Crippen molar-refractivity contribution in [3.05, 3.63) is 52.2 Å². The van der Waals surface area contributed by atoms with Crippen molar-refractivity contribution in [1.82, 2.24) is 4.90 Å². The zero-order valence-corrected chi connectivity index (χ0v) is 17.3. The second-order valence-electron chi connectivity index (χ2n) is 7.89. The molecule has 2 aliphatic rings. The maximum absolute atomic E-state index is 14.5. The second-order valence-corrected chi connectivity index (χ2v) is 8.99. The Labute approximate surface area is 170 Å². The zero-order chi connectivity index (χ0) is 19.5. The molecule has 1 aromatic heterocycles. The number of ether oxygens (including phenoxy) is 1. The predicted molar refractivity (Wildman–Crippen MR) is 110 cm³/mol. The normalized spacial score (nSPS) is 17.9. The monoisotopic (exact) mass is 401 g/mol. The summed E-state index contributed by atoms with van der Waals surface area (Å²) in [6.45, 7) is 4.41. The highest BCUT2D eigenvalue weighted by Gasteiger charge is 2.40. The molecule has 1 aliphatic heterocycles. The minimum atomic E-state index is -0.476. The molecule has 3 nitrogen and oxygen atoms in total. The molecular formula is C23H28FNO2S. The van der Waals surface area contributed by atoms with E-state index in [0.717, 1.165) is 43.9 Å². The molecular weight excluding hydrogens is 373 g/mol. The van der Waals surface area contributed by atoms with E-state index in [1.165, 1.54) is 29.3 Å². The van der Waals surface area contributed by atoms with Crippen molar-refractivity contribution >= 4 is 17.1 Å². The minimum Gasteiger partial charge on any atom is -0.484 e. The summed E-state index contributed by atoms with van der Waals surface area (Å²) in [4.78, 5) is 16.5. The smallest absolute Gasteiger partial charge is 0.174 e. The number of benzene rings is 1. The topological polar surface area (TPSA) is 29.5 Å². The molecule has 0 radical (unpaired) electrons. The third-order valence-corrected chi connectivity index (χ3v) is 6.83. The van der Waals surface area contributed by atoms with Gasteiger partial charge < -0.3 is 4.74 Å². The van der Waals surface area contributed by atoms with E-state index in [1.807, 2.05) is 6.07 Å². The Morgan fingerprint density at radius 3 is 2.89 bits per heavy atom. The number of hydrogen-bond donors (Lipinski definition) is 0. The first-order valence-corrected chi connectivity index (χ1v) is 11.3. The lowest BCUT2D eigenvalue weighted by molar-refractivity contribution is -0.126. The highest BCUT2D eigenvalue weighted by atomic mass is 32.1. The van der Waals surface area contributed by atoms with E-state index in [9.17, 15) is 9.18 Å². The quantitative estimate of drug-likeness (QED) is 0.517. The van der Waals surface area contributed by atoms with Crippen molar-refractivity contribution in [2.75, 3.05) is 13.2 Å². The van der Waals surface area contributed by atoms with Crippen LogP contribution in [0, 0.1) is 11.7 Å². The maximum atomic E-state index is 14.5. The van der Waals surface area contributed by atoms with Crippen LogP contribution in [0.2, 0.25) is 0 Å². The van der Waals surface area contributed by atoms with Gasteiger partial charge >= 0.3 is 0 Å². The van der Waals surface area contributed by atoms with E-state index in [2.05, 4.69) is 17.9 Å². The van der Waals surface area contributed by atoms with Crippen LogP contribution in [-0.4, -0.2) is 23.8 Å². The van der Waals surface area contributed by atoms with E-state index in [0.29, 0.717) is 12.1 Å². The lowest BCUT2D eigenvalue weighted by Gasteiger charge is -2.34. The molecule has 1 aromatic carbocycles. The molecule has 0 bridgehead atoms. The average molecular weight is 402 g/mol. The van der Waals surface area contributed by atoms with Crippen LogP contribution < -0.4 is 4.74 Å². The summed E-state index contributed by atoms with van der Waals surface area (Å²) in [5.74, 6) is 0.00307. The van der Waals surface area contributed by atoms with Crippen molar-refractivity contribution in [2.24, 2.45) is 5.92 Å². The largest absolute Gasteiger partial charge is 0.484 e. The van der Waals surface area contributed by atoms with Crippen LogP contribution in [0.5, 0.6) is 5.06 Å². The van der Waals surface area contributed by atoms with E-state index in [-0.39, 0.29) is 17.5 Å². The number of ketones is 1. The summed E-state index contributed by atoms with van der Waals surface area (Å²) in [6, 6.07) is 8.39. The van der Waals surface area contributed by atoms with Crippen LogP contribution in [0.25, 0.3) is 0 Å². The highest BCUT2D eigenvalue weighted by molar-refractivity contribution is 7.14. The number of hydrogen-bond acceptors (Lipinski definition) is 4. The van der Waals surface area contributed by atoms with Gasteiger partial charge in [0, 0.05) is 29.4 Å². The van der Waals surface area contributed by atoms with E-state index in [4.69, 9.17) is 4.74 Å². The lowest BCUT2D eigenvalue weighted by atomic mass is 9.95. The van der Waals surface area contributed by atoms with Crippen LogP contribution in [0.3, 0.4) is 0 Å². The third-order valence-electron chi connectivity index (χ3n) is 5.68. The first-order chi connectivity index (χ1) is 13.7. The Morgan fingerprint density at radius 1 is 1.32 bits per heavy atom. The van der Waals surface area contributed by atoms with Gasteiger partial charge in [0.15, 0.2) is 10.8 Å². The van der Waals surface area contributed by atoms with E-state index < -0.39 is 6.04 Å². The fraction of sp³-hybridized carbons (Fsp3) is 0.522. The van der Waals surface area contributed by atoms with Gasteiger partial charge in [-0.1, -0.05) is 38.0 Å². The number of carbonyl (C=O) groups is 1. The Hall–Kier alpha value is -1.72. The van der Waals surface area contributed by atoms with Gasteiger partial charge in [0.25, 0.3) is 0 Å². The van der Waals surface area contributed by atoms with Gasteiger partial charge in [-0.05, 0) is 43.4 Å². The molecule has 150 valence electrons. The molecule has 1 fully saturated rings. The van der Waals surface area contributed by atoms with Crippen molar-refractivity contribution in [3.8, 4) is 5.06 Å². The number of carbonyl (C=O) groups excluding carboxylic acids is 1. The minimum absolute atomic E-state index is 0.103. The molecule has 1 aliphatic carbocycles. The highest BCUT2D eigenvalue weighted by Crippen LogP contribution is 2.41. The van der Waals surface area contributed by atoms with Crippen LogP contribution in [0.4, 0.5) is 4.39 Å². The summed E-state index contributed by atoms with van der Waals surface area (Å²) < 4.78 is 20.5. The van der Waals surface area contributed by atoms with Crippen molar-refractivity contribution in [1.29, 1.82) is 0 Å². The number of thiophene rings is 1. The van der Waals surface area contributed by atoms with Crippen molar-refractivity contribution < 1.29 is 13.9 Å². The summed E-state index contributed by atoms with van der Waals surface area (Å²) in [5, 5.41) is 0.971. The number of fused-ring (bicyclic) bond motifs is 1. The molecule has 1 saturated carbocycles. The summed E-state index contributed by atoms with van der Waals surface area (Å²) in [5.41, 5.74) is 1.75. The average Bonchev–Trinajstić information content (AvgIpc) is 3.47. The second kappa shape index (κ2) is 8.75. The lowest BCUT2D eigenvalue weighted by Crippen LogP contribution is -2.38. The van der Waals surface area contributed by atoms with Crippen LogP contribution in [0.1, 0.15) is 61.1 Å². The van der Waals surface area contributed by atoms with Gasteiger partial charge in [-0.2, -0.15) is 0 Å². The number of unbranched alkanes of at least 4 members (excludes halogenated alkanes) is 2. The van der Waals surface area contributed by atoms with Crippen LogP contribution in [0.15, 0.2) is 30.3 Å². The molecule has 5 heteroatoms. The summed E-state index contributed by atoms with van der Waals surface area (Å²) >= 11 is 1.73. The van der Waals surface area contributed by atoms with Crippen LogP contribution in [-0.2, 0) is 17.8 Å². The molecule has 0 saturated heterocycles. The Kier molecular flexibility index (Phi) is 6.12. The molecule has 0 amide bonds. The Morgan fingerprint density at radius 2 is 2.14 bits per heavy atom. The van der Waals surface area contributed by atoms with E-state index in [1.54, 1.807) is 23.5 Å². The van der Waals surface area contributed by atoms with Gasteiger partial charge in [0.2, 0.25) is 0 Å². The molecule has 1 atom stereocenters. The maximum Gasteiger partial charge on any atom is 0.174 e. The number of nitrogens with zero attached hydrogens (tertiary/aromatic N) is 1. The van der Waals surface area contributed by atoms with Gasteiger partial charge in [-0.3, -0.25) is 9.69 Å². The molecule has 2 heterocycles. The van der Waals surface area contributed by atoms with E-state index >= 15 is 0 Å². The van der Waals surface area contributed by atoms with Gasteiger partial charge in [-0.15, -0.1) is 11.3 Å².